The summed E-state index contributed by atoms with van der Waals surface area (Å²) in [6, 6.07) is 11.1. The van der Waals surface area contributed by atoms with Gasteiger partial charge in [-0.2, -0.15) is 0 Å². The molecule has 2 aromatic carbocycles. The van der Waals surface area contributed by atoms with Gasteiger partial charge in [-0.3, -0.25) is 4.79 Å². The van der Waals surface area contributed by atoms with Crippen LogP contribution in [-0.4, -0.2) is 19.8 Å². The standard InChI is InChI=1S/C16H14N2O4/c1-20-12-6-9(7-13-14(12)22-8-21-13)15-17-11-5-3-2-4-10(11)16(19)18-15/h2-7,15,17H,8H2,1H3,(H,18,19)/t15-/m0/s1. The van der Waals surface area contributed by atoms with Gasteiger partial charge in [0.15, 0.2) is 11.5 Å². The largest absolute Gasteiger partial charge is 0.493 e. The fourth-order valence-corrected chi connectivity index (χ4v) is 2.69. The number of amides is 1. The second-order valence-electron chi connectivity index (χ2n) is 5.05. The van der Waals surface area contributed by atoms with E-state index in [1.54, 1.807) is 13.2 Å². The molecule has 22 heavy (non-hydrogen) atoms. The molecule has 0 radical (unpaired) electrons. The second kappa shape index (κ2) is 4.84. The van der Waals surface area contributed by atoms with Crippen molar-refractivity contribution in [2.24, 2.45) is 0 Å². The van der Waals surface area contributed by atoms with E-state index in [1.807, 2.05) is 30.3 Å². The Morgan fingerprint density at radius 2 is 2.05 bits per heavy atom. The van der Waals surface area contributed by atoms with Crippen LogP contribution in [0.25, 0.3) is 0 Å². The number of benzene rings is 2. The Labute approximate surface area is 127 Å². The van der Waals surface area contributed by atoms with Gasteiger partial charge < -0.3 is 24.8 Å². The molecule has 4 rings (SSSR count). The van der Waals surface area contributed by atoms with E-state index in [0.29, 0.717) is 22.8 Å². The first-order valence-electron chi connectivity index (χ1n) is 6.90. The van der Waals surface area contributed by atoms with Gasteiger partial charge in [0.2, 0.25) is 12.5 Å². The monoisotopic (exact) mass is 298 g/mol. The Morgan fingerprint density at radius 3 is 2.91 bits per heavy atom. The predicted molar refractivity (Wildman–Crippen MR) is 79.4 cm³/mol. The molecule has 6 heteroatoms. The van der Waals surface area contributed by atoms with Crippen molar-refractivity contribution in [3.05, 3.63) is 47.5 Å². The molecule has 2 aliphatic rings. The molecule has 0 bridgehead atoms. The molecule has 0 spiro atoms. The van der Waals surface area contributed by atoms with E-state index in [1.165, 1.54) is 0 Å². The first kappa shape index (κ1) is 12.8. The molecule has 0 saturated carbocycles. The maximum Gasteiger partial charge on any atom is 0.255 e. The number of nitrogens with one attached hydrogen (secondary N) is 2. The van der Waals surface area contributed by atoms with Gasteiger partial charge in [0.05, 0.1) is 12.7 Å². The van der Waals surface area contributed by atoms with Crippen molar-refractivity contribution in [1.82, 2.24) is 5.32 Å². The van der Waals surface area contributed by atoms with E-state index in [9.17, 15) is 4.79 Å². The van der Waals surface area contributed by atoms with Crippen LogP contribution >= 0.6 is 0 Å². The van der Waals surface area contributed by atoms with Gasteiger partial charge >= 0.3 is 0 Å². The molecule has 0 saturated heterocycles. The predicted octanol–water partition coefficient (Wildman–Crippen LogP) is 2.28. The molecular weight excluding hydrogens is 284 g/mol. The molecule has 112 valence electrons. The number of hydrogen-bond acceptors (Lipinski definition) is 5. The van der Waals surface area contributed by atoms with Gasteiger partial charge in [0.25, 0.3) is 5.91 Å². The Bertz CT molecular complexity index is 760. The summed E-state index contributed by atoms with van der Waals surface area (Å²) in [4.78, 5) is 12.2. The van der Waals surface area contributed by atoms with E-state index in [2.05, 4.69) is 10.6 Å². The second-order valence-corrected chi connectivity index (χ2v) is 5.05. The van der Waals surface area contributed by atoms with Crippen LogP contribution in [0.3, 0.4) is 0 Å². The first-order valence-corrected chi connectivity index (χ1v) is 6.90. The van der Waals surface area contributed by atoms with Crippen LogP contribution in [-0.2, 0) is 0 Å². The quantitative estimate of drug-likeness (QED) is 0.890. The van der Waals surface area contributed by atoms with Crippen LogP contribution < -0.4 is 24.8 Å². The van der Waals surface area contributed by atoms with Crippen LogP contribution in [0.5, 0.6) is 17.2 Å². The van der Waals surface area contributed by atoms with Crippen molar-refractivity contribution < 1.29 is 19.0 Å². The molecule has 2 aliphatic heterocycles. The summed E-state index contributed by atoms with van der Waals surface area (Å²) in [5, 5.41) is 6.23. The smallest absolute Gasteiger partial charge is 0.255 e. The fourth-order valence-electron chi connectivity index (χ4n) is 2.69. The van der Waals surface area contributed by atoms with E-state index < -0.39 is 0 Å². The number of para-hydroxylation sites is 1. The highest BCUT2D eigenvalue weighted by Gasteiger charge is 2.27. The zero-order valence-corrected chi connectivity index (χ0v) is 11.9. The first-order chi connectivity index (χ1) is 10.8. The minimum absolute atomic E-state index is 0.115. The molecule has 0 aliphatic carbocycles. The van der Waals surface area contributed by atoms with Gasteiger partial charge in [0, 0.05) is 11.3 Å². The van der Waals surface area contributed by atoms with Crippen LogP contribution in [0.4, 0.5) is 5.69 Å². The average molecular weight is 298 g/mol. The van der Waals surface area contributed by atoms with Crippen molar-refractivity contribution in [1.29, 1.82) is 0 Å². The summed E-state index contributed by atoms with van der Waals surface area (Å²) in [7, 11) is 1.57. The number of hydrogen-bond donors (Lipinski definition) is 2. The van der Waals surface area contributed by atoms with Crippen molar-refractivity contribution in [2.45, 2.75) is 6.17 Å². The fraction of sp³-hybridized carbons (Fsp3) is 0.188. The molecule has 2 N–H and O–H groups in total. The van der Waals surface area contributed by atoms with Gasteiger partial charge in [0.1, 0.15) is 6.17 Å². The van der Waals surface area contributed by atoms with Crippen molar-refractivity contribution in [3.63, 3.8) is 0 Å². The van der Waals surface area contributed by atoms with Gasteiger partial charge in [-0.1, -0.05) is 12.1 Å². The lowest BCUT2D eigenvalue weighted by Gasteiger charge is -2.28. The number of anilines is 1. The highest BCUT2D eigenvalue weighted by Crippen LogP contribution is 2.43. The molecule has 2 aromatic rings. The van der Waals surface area contributed by atoms with Crippen LogP contribution in [0, 0.1) is 0 Å². The number of fused-ring (bicyclic) bond motifs is 2. The highest BCUT2D eigenvalue weighted by atomic mass is 16.7. The summed E-state index contributed by atoms with van der Waals surface area (Å²) in [6.45, 7) is 0.169. The van der Waals surface area contributed by atoms with Crippen molar-refractivity contribution in [3.8, 4) is 17.2 Å². The Morgan fingerprint density at radius 1 is 1.18 bits per heavy atom. The van der Waals surface area contributed by atoms with Gasteiger partial charge in [-0.25, -0.2) is 0 Å². The third-order valence-electron chi connectivity index (χ3n) is 3.76. The van der Waals surface area contributed by atoms with Crippen LogP contribution in [0.15, 0.2) is 36.4 Å². The number of carbonyl (C=O) groups excluding carboxylic acids is 1. The van der Waals surface area contributed by atoms with E-state index in [0.717, 1.165) is 11.3 Å². The normalized spacial score (nSPS) is 18.2. The lowest BCUT2D eigenvalue weighted by Crippen LogP contribution is -2.38. The molecule has 0 unspecified atom stereocenters. The van der Waals surface area contributed by atoms with E-state index >= 15 is 0 Å². The lowest BCUT2D eigenvalue weighted by molar-refractivity contribution is 0.0935. The van der Waals surface area contributed by atoms with E-state index in [-0.39, 0.29) is 18.9 Å². The Kier molecular flexibility index (Phi) is 2.82. The minimum Gasteiger partial charge on any atom is -0.493 e. The maximum absolute atomic E-state index is 12.2. The third-order valence-corrected chi connectivity index (χ3v) is 3.76. The van der Waals surface area contributed by atoms with E-state index in [4.69, 9.17) is 14.2 Å². The summed E-state index contributed by atoms with van der Waals surface area (Å²) >= 11 is 0. The SMILES string of the molecule is COc1cc([C@@H]2NC(=O)c3ccccc3N2)cc2c1OCO2. The molecule has 1 atom stereocenters. The molecular formula is C16H14N2O4. The molecule has 6 nitrogen and oxygen atoms in total. The molecule has 0 fully saturated rings. The Balaban J connectivity index is 1.73. The third kappa shape index (κ3) is 1.92. The zero-order chi connectivity index (χ0) is 15.1. The van der Waals surface area contributed by atoms with Crippen molar-refractivity contribution in [2.75, 3.05) is 19.2 Å². The van der Waals surface area contributed by atoms with Gasteiger partial charge in [-0.05, 0) is 24.3 Å². The number of rotatable bonds is 2. The summed E-state index contributed by atoms with van der Waals surface area (Å²) < 4.78 is 16.2. The number of methoxy groups -OCH3 is 1. The van der Waals surface area contributed by atoms with Crippen LogP contribution in [0.1, 0.15) is 22.1 Å². The average Bonchev–Trinajstić information content (AvgIpc) is 3.02. The zero-order valence-electron chi connectivity index (χ0n) is 11.9. The molecule has 2 heterocycles. The topological polar surface area (TPSA) is 68.8 Å². The number of carbonyl (C=O) groups is 1. The summed E-state index contributed by atoms with van der Waals surface area (Å²) in [5.41, 5.74) is 2.27. The minimum atomic E-state index is -0.356. The van der Waals surface area contributed by atoms with Crippen LogP contribution in [0.2, 0.25) is 0 Å². The van der Waals surface area contributed by atoms with Crippen molar-refractivity contribution >= 4 is 11.6 Å². The van der Waals surface area contributed by atoms with Gasteiger partial charge in [-0.15, -0.1) is 0 Å². The lowest BCUT2D eigenvalue weighted by atomic mass is 10.0. The summed E-state index contributed by atoms with van der Waals surface area (Å²) in [5.74, 6) is 1.67. The molecule has 0 aromatic heterocycles. The Hall–Kier alpha value is -2.89. The highest BCUT2D eigenvalue weighted by molar-refractivity contribution is 6.01. The number of ether oxygens (including phenoxy) is 3. The summed E-state index contributed by atoms with van der Waals surface area (Å²) in [6.07, 6.45) is -0.356. The maximum atomic E-state index is 12.2. The molecule has 1 amide bonds.